The van der Waals surface area contributed by atoms with E-state index in [1.165, 1.54) is 57.1 Å². The second-order valence-electron chi connectivity index (χ2n) is 35.2. The Morgan fingerprint density at radius 1 is 0.305 bits per heavy atom. The van der Waals surface area contributed by atoms with Crippen LogP contribution < -0.4 is 14.9 Å². The fourth-order valence-corrected chi connectivity index (χ4v) is 17.6. The molecule has 0 amide bonds. The molecular weight excluding hydrogens is 1760 g/mol. The van der Waals surface area contributed by atoms with E-state index in [0.29, 0.717) is 18.4 Å². The molecule has 0 bridgehead atoms. The number of aliphatic carboxylic acids is 1. The highest BCUT2D eigenvalue weighted by Gasteiger charge is 2.58. The lowest BCUT2D eigenvalue weighted by atomic mass is 9.95. The minimum Gasteiger partial charge on any atom is -0.756 e. The van der Waals surface area contributed by atoms with Gasteiger partial charge >= 0.3 is 0 Å². The number of phosphoric ester groups is 2. The van der Waals surface area contributed by atoms with Crippen LogP contribution in [0, 0.1) is 0 Å². The number of hydrogen-bond donors (Lipinski definition) is 18. The summed E-state index contributed by atoms with van der Waals surface area (Å²) < 4.78 is 101. The number of carbonyl (C=O) groups is 1. The molecule has 0 aromatic rings. The van der Waals surface area contributed by atoms with Crippen molar-refractivity contribution in [1.29, 1.82) is 0 Å². The van der Waals surface area contributed by atoms with Crippen LogP contribution in [-0.4, -0.2) is 322 Å². The van der Waals surface area contributed by atoms with E-state index < -0.39 is 245 Å². The maximum Gasteiger partial charge on any atom is 0.276 e. The van der Waals surface area contributed by atoms with E-state index in [1.54, 1.807) is 6.08 Å². The lowest BCUT2D eigenvalue weighted by molar-refractivity contribution is -0.405. The number of carboxylic acid groups (broad SMARTS) is 1. The largest absolute Gasteiger partial charge is 0.756 e. The molecule has 38 nitrogen and oxygen atoms in total. The average Bonchev–Trinajstić information content (AvgIpc) is 0.768. The molecule has 6 heterocycles. The molecule has 0 saturated carbocycles. The number of allylic oxidation sites excluding steroid dienone is 21. The summed E-state index contributed by atoms with van der Waals surface area (Å²) in [6, 6.07) is 0. The maximum absolute atomic E-state index is 13.1. The monoisotopic (exact) mass is 1910 g/mol. The van der Waals surface area contributed by atoms with Crippen molar-refractivity contribution in [3.63, 3.8) is 0 Å². The van der Waals surface area contributed by atoms with Crippen LogP contribution in [0.2, 0.25) is 0 Å². The lowest BCUT2D eigenvalue weighted by Crippen LogP contribution is -2.69. The zero-order valence-corrected chi connectivity index (χ0v) is 79.0. The highest BCUT2D eigenvalue weighted by molar-refractivity contribution is 7.59. The molecule has 32 atom stereocenters. The number of carbonyl (C=O) groups excluding carboxylic acids is 1. The Balaban J connectivity index is 0.904. The molecule has 6 fully saturated rings. The van der Waals surface area contributed by atoms with Gasteiger partial charge in [-0.2, -0.15) is 0 Å². The zero-order chi connectivity index (χ0) is 97.3. The summed E-state index contributed by atoms with van der Waals surface area (Å²) in [5, 5.41) is 208. The molecule has 0 spiro atoms. The molecule has 6 aliphatic rings. The molecule has 0 aliphatic carbocycles. The van der Waals surface area contributed by atoms with Gasteiger partial charge in [0.25, 0.3) is 15.6 Å². The van der Waals surface area contributed by atoms with Crippen molar-refractivity contribution in [1.82, 2.24) is 0 Å². The summed E-state index contributed by atoms with van der Waals surface area (Å²) >= 11 is 0. The summed E-state index contributed by atoms with van der Waals surface area (Å²) in [7, 11) is -12.0. The Hall–Kier alpha value is -4.29. The predicted octanol–water partition coefficient (Wildman–Crippen LogP) is 2.88. The van der Waals surface area contributed by atoms with Crippen LogP contribution in [0.3, 0.4) is 0 Å². The van der Waals surface area contributed by atoms with Crippen LogP contribution in [0.4, 0.5) is 0 Å². The normalized spacial score (nSPS) is 35.7. The molecule has 6 saturated heterocycles. The van der Waals surface area contributed by atoms with Gasteiger partial charge in [-0.1, -0.05) is 128 Å². The maximum atomic E-state index is 13.1. The van der Waals surface area contributed by atoms with E-state index in [2.05, 4.69) is 134 Å². The van der Waals surface area contributed by atoms with Gasteiger partial charge in [0, 0.05) is 0 Å². The number of rotatable bonds is 53. The molecule has 2 unspecified atom stereocenters. The number of phosphoric acid groups is 2. The quantitative estimate of drug-likeness (QED) is 0.0307. The van der Waals surface area contributed by atoms with Gasteiger partial charge in [0.15, 0.2) is 37.7 Å². The van der Waals surface area contributed by atoms with Crippen molar-refractivity contribution in [2.45, 2.75) is 396 Å². The number of carboxylic acids is 1. The third kappa shape index (κ3) is 37.1. The first-order chi connectivity index (χ1) is 61.9. The van der Waals surface area contributed by atoms with Crippen LogP contribution in [0.25, 0.3) is 0 Å². The van der Waals surface area contributed by atoms with Gasteiger partial charge in [-0.05, 0) is 212 Å². The van der Waals surface area contributed by atoms with Gasteiger partial charge in [0.2, 0.25) is 0 Å². The summed E-state index contributed by atoms with van der Waals surface area (Å²) in [5.41, 5.74) is 14.3. The van der Waals surface area contributed by atoms with Crippen LogP contribution >= 0.6 is 15.6 Å². The predicted molar refractivity (Wildman–Crippen MR) is 468 cm³/mol. The van der Waals surface area contributed by atoms with Crippen molar-refractivity contribution in [3.05, 3.63) is 128 Å². The SMILES string of the molecule is C/C=C(/C)CC/C=C(/C)CC/C=C(/C)CC/C=C(/C)CC/C=C(/C)CC/C=C(/C)CC/C=C(/C)CC/C=C(/C)CC/C=C(\C)CC/C=C(\C)CC/C=C(\C)COP(=O)([O-])OP(=O)([O-])O[C@H]1O[C@H](CO)[C@@H](O[C@@H]2O[C@H](CO)[C@@H](O)[C@H](O[C@H]3O[C@H](CO)[C@@H](O)[C@H](O)[C@@H]3O[C@@H]3O[C@H](C(=O)[O-])[C@@H](O[C@H]4O[C@H](CO[C@@H]5O[C@H](CO)[C@@H](O)[C@H](O)[C@H]5O)[C@@H](O)[C@H](O)[C@H]4O)[C@H](O)[C@H]3O)[C@H]2O)[C@H](O)[C@H]1O. The Kier molecular flexibility index (Phi) is 50.5. The van der Waals surface area contributed by atoms with Gasteiger partial charge in [-0.25, -0.2) is 4.31 Å². The van der Waals surface area contributed by atoms with E-state index in [0.717, 1.165) is 121 Å². The number of ether oxygens (including phenoxy) is 11. The first-order valence-corrected chi connectivity index (χ1v) is 48.0. The molecule has 6 aliphatic heterocycles. The van der Waals surface area contributed by atoms with Crippen molar-refractivity contribution in [3.8, 4) is 0 Å². The fourth-order valence-electron chi connectivity index (χ4n) is 15.5. The molecule has 40 heteroatoms. The zero-order valence-electron chi connectivity index (χ0n) is 77.2. The third-order valence-corrected chi connectivity index (χ3v) is 26.6. The molecule has 752 valence electrons. The molecule has 131 heavy (non-hydrogen) atoms. The Morgan fingerprint density at radius 3 is 1.01 bits per heavy atom. The van der Waals surface area contributed by atoms with Crippen molar-refractivity contribution < 1.29 is 186 Å². The highest BCUT2D eigenvalue weighted by atomic mass is 31.3. The van der Waals surface area contributed by atoms with Gasteiger partial charge in [-0.15, -0.1) is 0 Å². The minimum atomic E-state index is -6.16. The number of aliphatic hydroxyl groups excluding tert-OH is 18. The van der Waals surface area contributed by atoms with E-state index in [9.17, 15) is 121 Å². The molecule has 6 rings (SSSR count). The summed E-state index contributed by atoms with van der Waals surface area (Å²) in [5.74, 6) is -2.26. The number of hydrogen-bond acceptors (Lipinski definition) is 38. The highest BCUT2D eigenvalue weighted by Crippen LogP contribution is 2.57. The van der Waals surface area contributed by atoms with E-state index in [-0.39, 0.29) is 0 Å². The van der Waals surface area contributed by atoms with Gasteiger partial charge < -0.3 is 168 Å². The van der Waals surface area contributed by atoms with Crippen molar-refractivity contribution in [2.24, 2.45) is 0 Å². The standard InChI is InChI=1S/C91H150O38P2/c1-13-50(2)24-14-25-51(3)26-15-27-52(4)28-16-29-53(5)30-17-31-54(6)32-18-33-55(7)34-19-35-56(8)36-20-37-57(9)38-21-39-58(10)40-22-41-59(11)42-23-43-60(12)48-117-130(112,113)129-131(114,115)128-90-78(108)73(103)80(64(47-95)121-90)123-89-79(109)81(69(99)63(46-94)119-89)124-91-83(72(102)67(97)62(45-93)120-91)126-88-77(107)74(104)82(84(127-88)85(110)111)125-87-76(106)71(101)68(98)65(122-87)49-116-86-75(105)70(100)66(96)61(44-92)118-86/h13,25,27,29,31,33,35,37,39,41,43,61-84,86-109H,14-24,26,28,30,32,34,36,38,40,42,44-49H2,1-12H3,(H,110,111)(H,112,113)(H,114,115)/p-3/b50-13-,51-25-,52-27-,53-29-,54-31-,55-33-,56-35-,57-37-,58-39+,59-41+,60-43+/t61-,62-,63-,64-,65-,66-,67-,68-,69-,70+,71+,72+,73-,74-,75-,76-,77-,78-,79-,80-,81+,82+,83+,84+,86-,87-,88-,89+,90-,91-/m1/s1. The van der Waals surface area contributed by atoms with Crippen molar-refractivity contribution >= 4 is 21.6 Å². The minimum absolute atomic E-state index is 0.375. The first-order valence-electron chi connectivity index (χ1n) is 45.1. The lowest BCUT2D eigenvalue weighted by Gasteiger charge is -2.50. The van der Waals surface area contributed by atoms with E-state index in [1.807, 2.05) is 6.92 Å². The number of aliphatic hydroxyl groups is 18. The van der Waals surface area contributed by atoms with E-state index in [4.69, 9.17) is 61.2 Å². The molecule has 0 radical (unpaired) electrons. The van der Waals surface area contributed by atoms with Gasteiger partial charge in [0.05, 0.1) is 45.6 Å². The average molecular weight is 1910 g/mol. The van der Waals surface area contributed by atoms with Crippen LogP contribution in [-0.2, 0) is 79.4 Å². The van der Waals surface area contributed by atoms with Crippen LogP contribution in [0.5, 0.6) is 0 Å². The topological polar surface area (TPSA) is 614 Å². The van der Waals surface area contributed by atoms with E-state index >= 15 is 0 Å². The molecule has 0 aromatic heterocycles. The second-order valence-corrected chi connectivity index (χ2v) is 38.1. The fraction of sp³-hybridized carbons (Fsp3) is 0.747. The second kappa shape index (κ2) is 57.3. The smallest absolute Gasteiger partial charge is 0.276 e. The summed E-state index contributed by atoms with van der Waals surface area (Å²) in [4.78, 5) is 38.8. The summed E-state index contributed by atoms with van der Waals surface area (Å²) in [6.07, 6.45) is -21.2. The third-order valence-electron chi connectivity index (χ3n) is 24.0. The summed E-state index contributed by atoms with van der Waals surface area (Å²) in [6.45, 7) is 19.6. The van der Waals surface area contributed by atoms with Gasteiger partial charge in [0.1, 0.15) is 146 Å². The Bertz CT molecular complexity index is 3910. The first kappa shape index (κ1) is 115. The molecule has 0 aromatic carbocycles. The van der Waals surface area contributed by atoms with Crippen LogP contribution in [0.15, 0.2) is 128 Å². The van der Waals surface area contributed by atoms with Gasteiger partial charge in [-0.3, -0.25) is 13.7 Å². The molecular formula is C91H147O38P2-3. The Labute approximate surface area is 767 Å². The van der Waals surface area contributed by atoms with Crippen LogP contribution in [0.1, 0.15) is 212 Å². The molecule has 18 N–H and O–H groups in total. The Morgan fingerprint density at radius 2 is 0.595 bits per heavy atom. The van der Waals surface area contributed by atoms with Crippen molar-refractivity contribution in [2.75, 3.05) is 39.6 Å².